The number of benzene rings is 1. The van der Waals surface area contributed by atoms with Crippen molar-refractivity contribution in [2.75, 3.05) is 11.6 Å². The Hall–Kier alpha value is -2.23. The van der Waals surface area contributed by atoms with Crippen LogP contribution in [0.15, 0.2) is 48.7 Å². The van der Waals surface area contributed by atoms with Gasteiger partial charge in [-0.15, -0.1) is 11.8 Å². The van der Waals surface area contributed by atoms with Crippen molar-refractivity contribution in [3.63, 3.8) is 0 Å². The third kappa shape index (κ3) is 7.88. The summed E-state index contributed by atoms with van der Waals surface area (Å²) in [6.07, 6.45) is 8.78. The molecular formula is C26H34N4O3S2. The lowest BCUT2D eigenvalue weighted by molar-refractivity contribution is -0.128. The maximum absolute atomic E-state index is 12.8. The van der Waals surface area contributed by atoms with E-state index in [1.807, 2.05) is 42.6 Å². The fraction of sp³-hybridized carbons (Fsp3) is 0.500. The Morgan fingerprint density at radius 3 is 2.66 bits per heavy atom. The number of aromatic nitrogens is 1. The van der Waals surface area contributed by atoms with Crippen molar-refractivity contribution in [1.82, 2.24) is 20.3 Å². The van der Waals surface area contributed by atoms with E-state index in [0.29, 0.717) is 11.8 Å². The number of pyridine rings is 1. The smallest absolute Gasteiger partial charge is 0.252 e. The lowest BCUT2D eigenvalue weighted by Crippen LogP contribution is -2.50. The van der Waals surface area contributed by atoms with Crippen molar-refractivity contribution in [1.29, 1.82) is 0 Å². The van der Waals surface area contributed by atoms with Crippen LogP contribution in [0.4, 0.5) is 0 Å². The lowest BCUT2D eigenvalue weighted by Gasteiger charge is -2.30. The zero-order chi connectivity index (χ0) is 24.5. The summed E-state index contributed by atoms with van der Waals surface area (Å²) >= 11 is 3.18. The number of nitrogens with zero attached hydrogens (tertiary/aromatic N) is 1. The summed E-state index contributed by atoms with van der Waals surface area (Å²) in [5.74, 6) is 3.09. The van der Waals surface area contributed by atoms with E-state index >= 15 is 0 Å². The molecule has 2 aromatic rings. The van der Waals surface area contributed by atoms with E-state index < -0.39 is 6.04 Å². The monoisotopic (exact) mass is 514 g/mol. The van der Waals surface area contributed by atoms with Gasteiger partial charge in [-0.1, -0.05) is 43.5 Å². The second-order valence-corrected chi connectivity index (χ2v) is 11.2. The fourth-order valence-electron chi connectivity index (χ4n) is 4.41. The number of hydrogen-bond acceptors (Lipinski definition) is 7. The molecule has 0 bridgehead atoms. The van der Waals surface area contributed by atoms with Crippen LogP contribution in [0.25, 0.3) is 0 Å². The molecule has 1 aromatic carbocycles. The molecule has 0 radical (unpaired) electrons. The Labute approximate surface area is 216 Å². The van der Waals surface area contributed by atoms with Crippen molar-refractivity contribution in [2.45, 2.75) is 62.8 Å². The Bertz CT molecular complexity index is 949. The molecule has 1 aromatic heterocycles. The minimum absolute atomic E-state index is 0.115. The Kier molecular flexibility index (Phi) is 9.74. The quantitative estimate of drug-likeness (QED) is 0.407. The van der Waals surface area contributed by atoms with Crippen LogP contribution in [0, 0.1) is 5.92 Å². The maximum atomic E-state index is 12.8. The number of carbonyl (C=O) groups is 2. The number of thioether (sulfide) groups is 1. The molecule has 188 valence electrons. The zero-order valence-corrected chi connectivity index (χ0v) is 21.7. The highest BCUT2D eigenvalue weighted by molar-refractivity contribution is 7.99. The number of carbonyl (C=O) groups excluding carboxylic acids is 2. The Balaban J connectivity index is 1.32. The van der Waals surface area contributed by atoms with Gasteiger partial charge in [0.2, 0.25) is 11.8 Å². The second-order valence-electron chi connectivity index (χ2n) is 9.15. The summed E-state index contributed by atoms with van der Waals surface area (Å²) in [6.45, 7) is 1.74. The Morgan fingerprint density at radius 1 is 1.17 bits per heavy atom. The fourth-order valence-corrected chi connectivity index (χ4v) is 6.54. The van der Waals surface area contributed by atoms with E-state index in [4.69, 9.17) is 4.74 Å². The standard InChI is InChI=1S/C26H34N4O3S2/c1-18(29-26(32)22-16-34-17-28-22)25(31)30-35-23(20-8-4-2-5-9-20)14-19-12-13-24(27-15-19)33-21-10-6-3-7-11-21/h3,6-7,10-13,15,18,20,22-23,28H,2,4-5,8-9,14,16-17H2,1H3,(H,29,32)(H,30,31)/t18-,22+,23?/m1/s1. The molecular weight excluding hydrogens is 480 g/mol. The van der Waals surface area contributed by atoms with Gasteiger partial charge in [0, 0.05) is 29.1 Å². The zero-order valence-electron chi connectivity index (χ0n) is 20.1. The van der Waals surface area contributed by atoms with E-state index in [2.05, 4.69) is 26.4 Å². The molecule has 1 aliphatic heterocycles. The average molecular weight is 515 g/mol. The van der Waals surface area contributed by atoms with Crippen molar-refractivity contribution < 1.29 is 14.3 Å². The topological polar surface area (TPSA) is 92.4 Å². The highest BCUT2D eigenvalue weighted by Crippen LogP contribution is 2.34. The third-order valence-electron chi connectivity index (χ3n) is 6.47. The van der Waals surface area contributed by atoms with Gasteiger partial charge in [-0.05, 0) is 61.7 Å². The van der Waals surface area contributed by atoms with Crippen molar-refractivity contribution in [3.05, 3.63) is 54.2 Å². The second kappa shape index (κ2) is 13.2. The summed E-state index contributed by atoms with van der Waals surface area (Å²) in [7, 11) is 0. The number of nitrogens with one attached hydrogen (secondary N) is 3. The third-order valence-corrected chi connectivity index (χ3v) is 8.58. The van der Waals surface area contributed by atoms with Gasteiger partial charge in [-0.25, -0.2) is 4.98 Å². The van der Waals surface area contributed by atoms with Gasteiger partial charge >= 0.3 is 0 Å². The summed E-state index contributed by atoms with van der Waals surface area (Å²) < 4.78 is 8.85. The predicted molar refractivity (Wildman–Crippen MR) is 142 cm³/mol. The van der Waals surface area contributed by atoms with E-state index in [1.54, 1.807) is 18.7 Å². The summed E-state index contributed by atoms with van der Waals surface area (Å²) in [5, 5.41) is 6.22. The van der Waals surface area contributed by atoms with Crippen LogP contribution in [0.2, 0.25) is 0 Å². The summed E-state index contributed by atoms with van der Waals surface area (Å²) in [5.41, 5.74) is 1.12. The predicted octanol–water partition coefficient (Wildman–Crippen LogP) is 4.30. The molecule has 1 unspecified atom stereocenters. The van der Waals surface area contributed by atoms with Crippen LogP contribution in [-0.4, -0.2) is 45.8 Å². The molecule has 7 nitrogen and oxygen atoms in total. The van der Waals surface area contributed by atoms with E-state index in [-0.39, 0.29) is 23.1 Å². The van der Waals surface area contributed by atoms with Gasteiger partial charge in [0.15, 0.2) is 0 Å². The molecule has 1 aliphatic carbocycles. The minimum atomic E-state index is -0.578. The molecule has 0 spiro atoms. The maximum Gasteiger partial charge on any atom is 0.252 e. The van der Waals surface area contributed by atoms with Crippen LogP contribution in [-0.2, 0) is 16.0 Å². The molecule has 2 heterocycles. The first-order chi connectivity index (χ1) is 17.1. The van der Waals surface area contributed by atoms with Crippen molar-refractivity contribution in [2.24, 2.45) is 5.92 Å². The number of rotatable bonds is 10. The van der Waals surface area contributed by atoms with Crippen LogP contribution in [0.1, 0.15) is 44.6 Å². The molecule has 35 heavy (non-hydrogen) atoms. The molecule has 2 aliphatic rings. The van der Waals surface area contributed by atoms with E-state index in [9.17, 15) is 9.59 Å². The number of para-hydroxylation sites is 1. The summed E-state index contributed by atoms with van der Waals surface area (Å²) in [4.78, 5) is 29.6. The van der Waals surface area contributed by atoms with Crippen LogP contribution < -0.4 is 20.1 Å². The SMILES string of the molecule is C[C@@H](NC(=O)[C@@H]1CSCN1)C(=O)NSC(Cc1ccc(Oc2ccccc2)nc1)C1CCCCC1. The number of hydrogen-bond donors (Lipinski definition) is 3. The molecule has 1 saturated carbocycles. The van der Waals surface area contributed by atoms with Crippen molar-refractivity contribution in [3.8, 4) is 11.6 Å². The molecule has 3 N–H and O–H groups in total. The highest BCUT2D eigenvalue weighted by Gasteiger charge is 2.28. The molecule has 9 heteroatoms. The largest absolute Gasteiger partial charge is 0.439 e. The van der Waals surface area contributed by atoms with Crippen LogP contribution in [0.3, 0.4) is 0 Å². The van der Waals surface area contributed by atoms with Gasteiger partial charge in [-0.3, -0.25) is 19.6 Å². The molecule has 1 saturated heterocycles. The normalized spacial score (nSPS) is 20.1. The minimum Gasteiger partial charge on any atom is -0.439 e. The lowest BCUT2D eigenvalue weighted by atomic mass is 9.85. The Morgan fingerprint density at radius 2 is 1.97 bits per heavy atom. The van der Waals surface area contributed by atoms with Crippen LogP contribution >= 0.6 is 23.7 Å². The van der Waals surface area contributed by atoms with Crippen molar-refractivity contribution >= 4 is 35.5 Å². The number of ether oxygens (including phenoxy) is 1. The molecule has 2 amide bonds. The number of amides is 2. The molecule has 4 rings (SSSR count). The van der Waals surface area contributed by atoms with E-state index in [1.165, 1.54) is 44.1 Å². The van der Waals surface area contributed by atoms with Gasteiger partial charge in [0.25, 0.3) is 5.91 Å². The van der Waals surface area contributed by atoms with Crippen LogP contribution in [0.5, 0.6) is 11.6 Å². The first kappa shape index (κ1) is 25.9. The summed E-state index contributed by atoms with van der Waals surface area (Å²) in [6, 6.07) is 12.8. The van der Waals surface area contributed by atoms with Gasteiger partial charge in [-0.2, -0.15) is 0 Å². The highest BCUT2D eigenvalue weighted by atomic mass is 32.2. The van der Waals surface area contributed by atoms with Gasteiger partial charge in [0.05, 0.1) is 6.04 Å². The average Bonchev–Trinajstić information content (AvgIpc) is 3.44. The van der Waals surface area contributed by atoms with Gasteiger partial charge in [0.1, 0.15) is 11.8 Å². The first-order valence-electron chi connectivity index (χ1n) is 12.3. The first-order valence-corrected chi connectivity index (χ1v) is 14.4. The molecule has 2 fully saturated rings. The van der Waals surface area contributed by atoms with E-state index in [0.717, 1.165) is 29.4 Å². The molecule has 3 atom stereocenters. The van der Waals surface area contributed by atoms with Gasteiger partial charge < -0.3 is 10.1 Å².